The van der Waals surface area contributed by atoms with E-state index in [2.05, 4.69) is 5.32 Å². The first kappa shape index (κ1) is 13.1. The Bertz CT molecular complexity index is 594. The van der Waals surface area contributed by atoms with Gasteiger partial charge < -0.3 is 15.5 Å². The molecule has 2 rings (SSSR count). The molecule has 5 heteroatoms. The molecule has 19 heavy (non-hydrogen) atoms. The fourth-order valence-corrected chi connectivity index (χ4v) is 1.81. The quantitative estimate of drug-likeness (QED) is 0.890. The topological polar surface area (TPSA) is 68.3 Å². The molecule has 0 aliphatic carbocycles. The molecule has 3 N–H and O–H groups in total. The predicted octanol–water partition coefficient (Wildman–Crippen LogP) is 3.00. The summed E-state index contributed by atoms with van der Waals surface area (Å²) in [5.41, 5.74) is 7.25. The van der Waals surface area contributed by atoms with E-state index in [-0.39, 0.29) is 11.6 Å². The zero-order chi connectivity index (χ0) is 14.0. The number of rotatable bonds is 4. The van der Waals surface area contributed by atoms with Gasteiger partial charge in [0.25, 0.3) is 0 Å². The van der Waals surface area contributed by atoms with Gasteiger partial charge in [-0.05, 0) is 32.0 Å². The summed E-state index contributed by atoms with van der Waals surface area (Å²) in [6.07, 6.45) is 3.18. The summed E-state index contributed by atoms with van der Waals surface area (Å²) < 4.78 is 18.7. The van der Waals surface area contributed by atoms with Crippen molar-refractivity contribution in [2.75, 3.05) is 5.32 Å². The van der Waals surface area contributed by atoms with Crippen LogP contribution in [-0.4, -0.2) is 5.91 Å². The lowest BCUT2D eigenvalue weighted by molar-refractivity contribution is 0.1000. The maximum Gasteiger partial charge on any atom is 0.248 e. The summed E-state index contributed by atoms with van der Waals surface area (Å²) in [7, 11) is 0. The number of carbonyl (C=O) groups is 1. The van der Waals surface area contributed by atoms with Gasteiger partial charge in [-0.25, -0.2) is 4.39 Å². The van der Waals surface area contributed by atoms with Gasteiger partial charge in [0.2, 0.25) is 5.91 Å². The third-order valence-electron chi connectivity index (χ3n) is 3.04. The number of hydrogen-bond acceptors (Lipinski definition) is 3. The fourth-order valence-electron chi connectivity index (χ4n) is 1.81. The van der Waals surface area contributed by atoms with E-state index in [0.29, 0.717) is 11.3 Å². The average Bonchev–Trinajstić information content (AvgIpc) is 2.88. The molecule has 0 bridgehead atoms. The molecule has 4 nitrogen and oxygen atoms in total. The highest BCUT2D eigenvalue weighted by molar-refractivity contribution is 5.94. The molecule has 1 aromatic heterocycles. The summed E-state index contributed by atoms with van der Waals surface area (Å²) in [5.74, 6) is -1.11. The number of amides is 1. The van der Waals surface area contributed by atoms with Crippen molar-refractivity contribution in [3.05, 3.63) is 53.2 Å². The van der Waals surface area contributed by atoms with Gasteiger partial charge in [0.15, 0.2) is 0 Å². The van der Waals surface area contributed by atoms with Crippen LogP contribution in [0.2, 0.25) is 0 Å². The second-order valence-electron chi connectivity index (χ2n) is 4.42. The van der Waals surface area contributed by atoms with Gasteiger partial charge in [-0.2, -0.15) is 0 Å². The van der Waals surface area contributed by atoms with E-state index in [1.54, 1.807) is 25.5 Å². The Kier molecular flexibility index (Phi) is 3.55. The number of nitrogens with one attached hydrogen (secondary N) is 1. The Hall–Kier alpha value is -2.30. The van der Waals surface area contributed by atoms with Crippen molar-refractivity contribution in [2.24, 2.45) is 5.73 Å². The average molecular weight is 262 g/mol. The van der Waals surface area contributed by atoms with Crippen LogP contribution in [0.4, 0.5) is 10.1 Å². The van der Waals surface area contributed by atoms with E-state index < -0.39 is 11.7 Å². The number of hydrogen-bond donors (Lipinski definition) is 2. The summed E-state index contributed by atoms with van der Waals surface area (Å²) in [4.78, 5) is 11.1. The molecule has 2 aromatic rings. The number of nitrogens with two attached hydrogens (primary N) is 1. The molecule has 100 valence electrons. The molecule has 1 unspecified atom stereocenters. The van der Waals surface area contributed by atoms with Crippen LogP contribution in [0.15, 0.2) is 35.1 Å². The predicted molar refractivity (Wildman–Crippen MR) is 70.4 cm³/mol. The number of anilines is 1. The number of primary amides is 1. The molecule has 0 saturated heterocycles. The molecule has 0 fully saturated rings. The molecule has 0 saturated carbocycles. The molecule has 1 heterocycles. The number of carbonyl (C=O) groups excluding carboxylic acids is 1. The number of furan rings is 1. The number of halogens is 1. The van der Waals surface area contributed by atoms with E-state index in [4.69, 9.17) is 10.2 Å². The Morgan fingerprint density at radius 1 is 1.47 bits per heavy atom. The molecular weight excluding hydrogens is 247 g/mol. The van der Waals surface area contributed by atoms with Crippen LogP contribution in [0.1, 0.15) is 34.5 Å². The molecule has 1 amide bonds. The Balaban J connectivity index is 2.31. The normalized spacial score (nSPS) is 12.2. The SMILES string of the molecule is Cc1c(F)cc(C(N)=O)cc1NC(C)c1ccoc1. The minimum Gasteiger partial charge on any atom is -0.472 e. The van der Waals surface area contributed by atoms with Gasteiger partial charge in [-0.1, -0.05) is 0 Å². The van der Waals surface area contributed by atoms with Crippen molar-refractivity contribution in [2.45, 2.75) is 19.9 Å². The first-order valence-electron chi connectivity index (χ1n) is 5.87. The molecule has 1 aromatic carbocycles. The van der Waals surface area contributed by atoms with Crippen molar-refractivity contribution in [3.63, 3.8) is 0 Å². The Labute approximate surface area is 110 Å². The summed E-state index contributed by atoms with van der Waals surface area (Å²) in [6.45, 7) is 3.56. The van der Waals surface area contributed by atoms with Crippen LogP contribution in [0.5, 0.6) is 0 Å². The largest absolute Gasteiger partial charge is 0.472 e. The van der Waals surface area contributed by atoms with Crippen molar-refractivity contribution in [3.8, 4) is 0 Å². The molecule has 0 radical (unpaired) electrons. The Morgan fingerprint density at radius 2 is 2.21 bits per heavy atom. The second kappa shape index (κ2) is 5.14. The highest BCUT2D eigenvalue weighted by Gasteiger charge is 2.13. The van der Waals surface area contributed by atoms with Crippen molar-refractivity contribution < 1.29 is 13.6 Å². The lowest BCUT2D eigenvalue weighted by Gasteiger charge is -2.17. The highest BCUT2D eigenvalue weighted by atomic mass is 19.1. The summed E-state index contributed by atoms with van der Waals surface area (Å²) >= 11 is 0. The molecule has 0 spiro atoms. The maximum absolute atomic E-state index is 13.7. The molecular formula is C14H15FN2O2. The first-order valence-corrected chi connectivity index (χ1v) is 5.87. The monoisotopic (exact) mass is 262 g/mol. The van der Waals surface area contributed by atoms with Crippen molar-refractivity contribution >= 4 is 11.6 Å². The zero-order valence-electron chi connectivity index (χ0n) is 10.7. The van der Waals surface area contributed by atoms with Crippen LogP contribution in [-0.2, 0) is 0 Å². The minimum absolute atomic E-state index is 0.0695. The third-order valence-corrected chi connectivity index (χ3v) is 3.04. The standard InChI is InChI=1S/C14H15FN2O2/c1-8-12(15)5-11(14(16)18)6-13(8)17-9(2)10-3-4-19-7-10/h3-7,9,17H,1-2H3,(H2,16,18). The van der Waals surface area contributed by atoms with Crippen LogP contribution < -0.4 is 11.1 Å². The molecule has 0 aliphatic rings. The van der Waals surface area contributed by atoms with E-state index in [0.717, 1.165) is 11.6 Å². The number of benzene rings is 1. The van der Waals surface area contributed by atoms with E-state index in [1.807, 2.05) is 13.0 Å². The van der Waals surface area contributed by atoms with Gasteiger partial charge in [0, 0.05) is 22.4 Å². The molecule has 0 aliphatic heterocycles. The van der Waals surface area contributed by atoms with Crippen molar-refractivity contribution in [1.82, 2.24) is 0 Å². The summed E-state index contributed by atoms with van der Waals surface area (Å²) in [5, 5.41) is 3.14. The van der Waals surface area contributed by atoms with Gasteiger partial charge in [-0.15, -0.1) is 0 Å². The van der Waals surface area contributed by atoms with E-state index in [9.17, 15) is 9.18 Å². The van der Waals surface area contributed by atoms with E-state index in [1.165, 1.54) is 0 Å². The lowest BCUT2D eigenvalue weighted by Crippen LogP contribution is -2.14. The van der Waals surface area contributed by atoms with Crippen molar-refractivity contribution in [1.29, 1.82) is 0 Å². The lowest BCUT2D eigenvalue weighted by atomic mass is 10.1. The van der Waals surface area contributed by atoms with Crippen LogP contribution in [0.3, 0.4) is 0 Å². The Morgan fingerprint density at radius 3 is 2.79 bits per heavy atom. The third kappa shape index (κ3) is 2.76. The fraction of sp³-hybridized carbons (Fsp3) is 0.214. The van der Waals surface area contributed by atoms with E-state index >= 15 is 0 Å². The first-order chi connectivity index (χ1) is 8.99. The van der Waals surface area contributed by atoms with Gasteiger partial charge >= 0.3 is 0 Å². The smallest absolute Gasteiger partial charge is 0.248 e. The van der Waals surface area contributed by atoms with Crippen LogP contribution in [0.25, 0.3) is 0 Å². The highest BCUT2D eigenvalue weighted by Crippen LogP contribution is 2.25. The molecule has 1 atom stereocenters. The van der Waals surface area contributed by atoms with Gasteiger partial charge in [0.1, 0.15) is 5.82 Å². The van der Waals surface area contributed by atoms with Gasteiger partial charge in [-0.3, -0.25) is 4.79 Å². The summed E-state index contributed by atoms with van der Waals surface area (Å²) in [6, 6.07) is 4.45. The van der Waals surface area contributed by atoms with Crippen LogP contribution >= 0.6 is 0 Å². The maximum atomic E-state index is 13.7. The second-order valence-corrected chi connectivity index (χ2v) is 4.42. The zero-order valence-corrected chi connectivity index (χ0v) is 10.7. The van der Waals surface area contributed by atoms with Crippen LogP contribution in [0, 0.1) is 12.7 Å². The van der Waals surface area contributed by atoms with Gasteiger partial charge in [0.05, 0.1) is 18.6 Å². The minimum atomic E-state index is -0.655.